The number of nitrogens with zero attached hydrogens (tertiary/aromatic N) is 3. The van der Waals surface area contributed by atoms with Gasteiger partial charge in [0.2, 0.25) is 0 Å². The molecule has 2 aromatic heterocycles. The lowest BCUT2D eigenvalue weighted by Crippen LogP contribution is -2.57. The van der Waals surface area contributed by atoms with E-state index in [0.717, 1.165) is 6.07 Å². The Labute approximate surface area is 163 Å². The second kappa shape index (κ2) is 7.27. The maximum absolute atomic E-state index is 14.4. The number of aromatic amines is 1. The van der Waals surface area contributed by atoms with Crippen LogP contribution in [0.2, 0.25) is 0 Å². The molecular weight excluding hydrogens is 390 g/mol. The van der Waals surface area contributed by atoms with Gasteiger partial charge in [0.25, 0.3) is 0 Å². The van der Waals surface area contributed by atoms with Crippen molar-refractivity contribution in [1.29, 1.82) is 0 Å². The van der Waals surface area contributed by atoms with Crippen molar-refractivity contribution in [3.05, 3.63) is 41.3 Å². The van der Waals surface area contributed by atoms with Gasteiger partial charge in [0.05, 0.1) is 5.69 Å². The maximum atomic E-state index is 14.4. The predicted molar refractivity (Wildman–Crippen MR) is 98.8 cm³/mol. The average molecular weight is 409 g/mol. The number of halogens is 4. The molecule has 3 heterocycles. The molecule has 1 fully saturated rings. The van der Waals surface area contributed by atoms with Crippen LogP contribution in [0.3, 0.4) is 0 Å². The van der Waals surface area contributed by atoms with Crippen LogP contribution in [0.4, 0.5) is 17.6 Å². The zero-order chi connectivity index (χ0) is 20.8. The number of alkyl halides is 3. The van der Waals surface area contributed by atoms with Gasteiger partial charge in [0, 0.05) is 48.9 Å². The zero-order valence-electron chi connectivity index (χ0n) is 15.5. The highest BCUT2D eigenvalue weighted by Crippen LogP contribution is 2.32. The third-order valence-electron chi connectivity index (χ3n) is 5.12. The number of H-pyrrole nitrogens is 1. The fourth-order valence-electron chi connectivity index (χ4n) is 3.72. The first kappa shape index (κ1) is 19.6. The number of fused-ring (bicyclic) bond motifs is 1. The minimum absolute atomic E-state index is 0.0257. The van der Waals surface area contributed by atoms with Crippen LogP contribution in [0.15, 0.2) is 24.3 Å². The summed E-state index contributed by atoms with van der Waals surface area (Å²) in [6.45, 7) is 2.29. The number of hydrogen-bond acceptors (Lipinski definition) is 5. The van der Waals surface area contributed by atoms with Gasteiger partial charge in [-0.1, -0.05) is 0 Å². The lowest BCUT2D eigenvalue weighted by Gasteiger charge is -2.37. The molecule has 154 valence electrons. The summed E-state index contributed by atoms with van der Waals surface area (Å²) in [6, 6.07) is 3.66. The minimum Gasteiger partial charge on any atom is -0.508 e. The molecule has 1 atom stereocenters. The Kier molecular flexibility index (Phi) is 4.91. The van der Waals surface area contributed by atoms with E-state index >= 15 is 0 Å². The predicted octanol–water partition coefficient (Wildman–Crippen LogP) is 3.11. The molecule has 1 saturated heterocycles. The molecule has 0 amide bonds. The second-order valence-electron chi connectivity index (χ2n) is 7.11. The fraction of sp³-hybridized carbons (Fsp3) is 0.368. The number of aromatic nitrogens is 3. The fourth-order valence-corrected chi connectivity index (χ4v) is 3.72. The van der Waals surface area contributed by atoms with Crippen LogP contribution >= 0.6 is 0 Å². The third-order valence-corrected chi connectivity index (χ3v) is 5.12. The summed E-state index contributed by atoms with van der Waals surface area (Å²) in [7, 11) is 0. The van der Waals surface area contributed by atoms with Gasteiger partial charge in [-0.25, -0.2) is 9.37 Å². The number of phenolic OH excluding ortho intramolecular Hbond substituents is 1. The molecule has 0 saturated carbocycles. The summed E-state index contributed by atoms with van der Waals surface area (Å²) in [5, 5.41) is 19.8. The van der Waals surface area contributed by atoms with Gasteiger partial charge >= 0.3 is 6.18 Å². The Morgan fingerprint density at radius 3 is 2.79 bits per heavy atom. The number of aryl methyl sites for hydroxylation is 1. The van der Waals surface area contributed by atoms with E-state index in [4.69, 9.17) is 0 Å². The molecule has 29 heavy (non-hydrogen) atoms. The summed E-state index contributed by atoms with van der Waals surface area (Å²) in [5.41, 5.74) is 1.95. The van der Waals surface area contributed by atoms with E-state index < -0.39 is 18.0 Å². The Hall–Kier alpha value is -2.72. The lowest BCUT2D eigenvalue weighted by molar-refractivity contribution is -0.188. The topological polar surface area (TPSA) is 77.1 Å². The van der Waals surface area contributed by atoms with Crippen LogP contribution in [0.5, 0.6) is 5.75 Å². The molecule has 3 N–H and O–H groups in total. The molecule has 1 aliphatic rings. The minimum atomic E-state index is -4.36. The highest BCUT2D eigenvalue weighted by molar-refractivity contribution is 5.84. The molecule has 0 radical (unpaired) electrons. The van der Waals surface area contributed by atoms with Crippen LogP contribution in [0, 0.1) is 12.7 Å². The van der Waals surface area contributed by atoms with E-state index in [2.05, 4.69) is 20.5 Å². The van der Waals surface area contributed by atoms with E-state index in [0.29, 0.717) is 28.8 Å². The SMILES string of the molecule is Cc1[nH]nc2nc(-c3ccc(O)cc3F)cc(CN3CCNCC3C(F)(F)F)c12. The Balaban J connectivity index is 1.79. The highest BCUT2D eigenvalue weighted by atomic mass is 19.4. The number of phenols is 1. The molecule has 6 nitrogen and oxygen atoms in total. The Morgan fingerprint density at radius 2 is 2.07 bits per heavy atom. The molecule has 4 rings (SSSR count). The van der Waals surface area contributed by atoms with Crippen LogP contribution < -0.4 is 5.32 Å². The quantitative estimate of drug-likeness (QED) is 0.580. The number of aromatic hydroxyl groups is 1. The number of nitrogens with one attached hydrogen (secondary N) is 2. The molecular formula is C19H19F4N5O. The van der Waals surface area contributed by atoms with Crippen molar-refractivity contribution in [2.24, 2.45) is 0 Å². The first-order chi connectivity index (χ1) is 13.7. The van der Waals surface area contributed by atoms with Gasteiger partial charge in [0.1, 0.15) is 17.6 Å². The normalized spacial score (nSPS) is 18.4. The van der Waals surface area contributed by atoms with Crippen LogP contribution in [0.25, 0.3) is 22.3 Å². The second-order valence-corrected chi connectivity index (χ2v) is 7.11. The molecule has 0 aliphatic carbocycles. The summed E-state index contributed by atoms with van der Waals surface area (Å²) < 4.78 is 54.8. The van der Waals surface area contributed by atoms with Crippen molar-refractivity contribution in [3.8, 4) is 17.0 Å². The number of rotatable bonds is 3. The molecule has 0 bridgehead atoms. The van der Waals surface area contributed by atoms with Gasteiger partial charge in [0.15, 0.2) is 5.65 Å². The summed E-state index contributed by atoms with van der Waals surface area (Å²) in [5.74, 6) is -0.901. The van der Waals surface area contributed by atoms with Crippen molar-refractivity contribution < 1.29 is 22.7 Å². The Morgan fingerprint density at radius 1 is 1.28 bits per heavy atom. The van der Waals surface area contributed by atoms with Gasteiger partial charge in [-0.2, -0.15) is 18.3 Å². The summed E-state index contributed by atoms with van der Waals surface area (Å²) in [6.07, 6.45) is -4.36. The summed E-state index contributed by atoms with van der Waals surface area (Å²) in [4.78, 5) is 5.73. The highest BCUT2D eigenvalue weighted by Gasteiger charge is 2.44. The monoisotopic (exact) mass is 409 g/mol. The number of piperazine rings is 1. The van der Waals surface area contributed by atoms with Crippen molar-refractivity contribution in [2.75, 3.05) is 19.6 Å². The smallest absolute Gasteiger partial charge is 0.405 e. The molecule has 1 aromatic carbocycles. The number of hydrogen-bond donors (Lipinski definition) is 3. The van der Waals surface area contributed by atoms with Crippen molar-refractivity contribution >= 4 is 11.0 Å². The van der Waals surface area contributed by atoms with E-state index in [9.17, 15) is 22.7 Å². The zero-order valence-corrected chi connectivity index (χ0v) is 15.5. The molecule has 3 aromatic rings. The van der Waals surface area contributed by atoms with Gasteiger partial charge < -0.3 is 10.4 Å². The first-order valence-electron chi connectivity index (χ1n) is 9.09. The standard InChI is InChI=1S/C19H19F4N5O/c1-10-17-11(9-28-5-4-24-8-16(28)19(21,22)23)6-15(25-18(17)27-26-10)13-3-2-12(29)7-14(13)20/h2-3,6-7,16,24,29H,4-5,8-9H2,1H3,(H,25,26,27). The van der Waals surface area contributed by atoms with E-state index in [-0.39, 0.29) is 36.6 Å². The van der Waals surface area contributed by atoms with Crippen LogP contribution in [-0.4, -0.2) is 57.0 Å². The van der Waals surface area contributed by atoms with Gasteiger partial charge in [-0.05, 0) is 30.7 Å². The maximum Gasteiger partial charge on any atom is 0.405 e. The molecule has 10 heteroatoms. The van der Waals surface area contributed by atoms with Gasteiger partial charge in [-0.15, -0.1) is 0 Å². The number of benzene rings is 1. The van der Waals surface area contributed by atoms with Crippen molar-refractivity contribution in [1.82, 2.24) is 25.4 Å². The van der Waals surface area contributed by atoms with Crippen molar-refractivity contribution in [3.63, 3.8) is 0 Å². The molecule has 1 unspecified atom stereocenters. The van der Waals surface area contributed by atoms with Crippen LogP contribution in [-0.2, 0) is 6.54 Å². The average Bonchev–Trinajstić information content (AvgIpc) is 3.02. The molecule has 0 spiro atoms. The van der Waals surface area contributed by atoms with Crippen LogP contribution in [0.1, 0.15) is 11.3 Å². The Bertz CT molecular complexity index is 1050. The lowest BCUT2D eigenvalue weighted by atomic mass is 10.0. The first-order valence-corrected chi connectivity index (χ1v) is 9.09. The summed E-state index contributed by atoms with van der Waals surface area (Å²) >= 11 is 0. The largest absolute Gasteiger partial charge is 0.508 e. The van der Waals surface area contributed by atoms with E-state index in [1.54, 1.807) is 13.0 Å². The number of pyridine rings is 1. The van der Waals surface area contributed by atoms with E-state index in [1.165, 1.54) is 17.0 Å². The van der Waals surface area contributed by atoms with Gasteiger partial charge in [-0.3, -0.25) is 10.00 Å². The van der Waals surface area contributed by atoms with E-state index in [1.807, 2.05) is 0 Å². The van der Waals surface area contributed by atoms with Crippen molar-refractivity contribution in [2.45, 2.75) is 25.7 Å². The third kappa shape index (κ3) is 3.77. The molecule has 1 aliphatic heterocycles.